The van der Waals surface area contributed by atoms with Crippen molar-refractivity contribution in [2.45, 2.75) is 0 Å². The van der Waals surface area contributed by atoms with E-state index >= 15 is 0 Å². The molecular weight excluding hydrogens is 334 g/mol. The van der Waals surface area contributed by atoms with Crippen LogP contribution in [0.2, 0.25) is 0 Å². The highest BCUT2D eigenvalue weighted by atomic mass is 16.6. The Morgan fingerprint density at radius 3 is 1.81 bits per heavy atom. The van der Waals surface area contributed by atoms with E-state index in [0.29, 0.717) is 0 Å². The molecule has 0 unspecified atom stereocenters. The Labute approximate surface area is 157 Å². The number of nitrogens with zero attached hydrogens (tertiary/aromatic N) is 1. The van der Waals surface area contributed by atoms with Crippen LogP contribution in [0.4, 0.5) is 5.69 Å². The van der Waals surface area contributed by atoms with Gasteiger partial charge in [-0.2, -0.15) is 0 Å². The minimum absolute atomic E-state index is 0.0992. The number of hydrogen-bond donors (Lipinski definition) is 0. The average Bonchev–Trinajstić information content (AvgIpc) is 3.19. The number of nitro benzene ring substituents is 1. The summed E-state index contributed by atoms with van der Waals surface area (Å²) < 4.78 is 0. The highest BCUT2D eigenvalue weighted by Crippen LogP contribution is 2.38. The first-order valence-electron chi connectivity index (χ1n) is 8.73. The molecule has 0 bridgehead atoms. The number of rotatable bonds is 4. The topological polar surface area (TPSA) is 43.1 Å². The normalized spacial score (nSPS) is 12.7. The van der Waals surface area contributed by atoms with Crippen molar-refractivity contribution in [1.82, 2.24) is 0 Å². The Hall–Kier alpha value is -3.72. The van der Waals surface area contributed by atoms with Gasteiger partial charge in [-0.1, -0.05) is 78.9 Å². The molecular formula is C24H17NO2. The SMILES string of the molecule is O=[N+]([O-])c1ccc(C2=CC=CC2=C(c2ccccc2)c2ccccc2)cc1. The molecule has 0 spiro atoms. The fourth-order valence-corrected chi connectivity index (χ4v) is 3.34. The maximum absolute atomic E-state index is 10.9. The lowest BCUT2D eigenvalue weighted by Gasteiger charge is -2.15. The van der Waals surface area contributed by atoms with Crippen molar-refractivity contribution in [3.8, 4) is 0 Å². The van der Waals surface area contributed by atoms with E-state index in [1.165, 1.54) is 0 Å². The largest absolute Gasteiger partial charge is 0.269 e. The molecule has 0 N–H and O–H groups in total. The minimum Gasteiger partial charge on any atom is -0.258 e. The number of hydrogen-bond acceptors (Lipinski definition) is 2. The fraction of sp³-hybridized carbons (Fsp3) is 0. The Kier molecular flexibility index (Phi) is 4.50. The van der Waals surface area contributed by atoms with E-state index in [0.717, 1.165) is 33.4 Å². The van der Waals surface area contributed by atoms with E-state index < -0.39 is 0 Å². The zero-order valence-corrected chi connectivity index (χ0v) is 14.6. The third-order valence-electron chi connectivity index (χ3n) is 4.60. The second-order valence-electron chi connectivity index (χ2n) is 6.26. The van der Waals surface area contributed by atoms with Crippen molar-refractivity contribution in [2.24, 2.45) is 0 Å². The zero-order valence-electron chi connectivity index (χ0n) is 14.6. The lowest BCUT2D eigenvalue weighted by molar-refractivity contribution is -0.384. The molecule has 0 fully saturated rings. The van der Waals surface area contributed by atoms with Crippen LogP contribution >= 0.6 is 0 Å². The molecule has 0 atom stereocenters. The van der Waals surface area contributed by atoms with Crippen LogP contribution in [0.1, 0.15) is 16.7 Å². The van der Waals surface area contributed by atoms with Crippen molar-refractivity contribution in [3.05, 3.63) is 136 Å². The van der Waals surface area contributed by atoms with E-state index in [4.69, 9.17) is 0 Å². The molecule has 0 saturated carbocycles. The summed E-state index contributed by atoms with van der Waals surface area (Å²) in [6, 6.07) is 27.3. The highest BCUT2D eigenvalue weighted by molar-refractivity contribution is 5.99. The van der Waals surface area contributed by atoms with Gasteiger partial charge in [0.1, 0.15) is 0 Å². The van der Waals surface area contributed by atoms with Crippen LogP contribution in [0.3, 0.4) is 0 Å². The smallest absolute Gasteiger partial charge is 0.258 e. The quantitative estimate of drug-likeness (QED) is 0.424. The zero-order chi connectivity index (χ0) is 18.6. The van der Waals surface area contributed by atoms with Gasteiger partial charge in [-0.15, -0.1) is 0 Å². The first-order valence-corrected chi connectivity index (χ1v) is 8.73. The van der Waals surface area contributed by atoms with Crippen molar-refractivity contribution in [1.29, 1.82) is 0 Å². The van der Waals surface area contributed by atoms with Gasteiger partial charge in [0.25, 0.3) is 5.69 Å². The molecule has 0 radical (unpaired) electrons. The monoisotopic (exact) mass is 351 g/mol. The Bertz CT molecular complexity index is 1020. The van der Waals surface area contributed by atoms with Crippen molar-refractivity contribution in [2.75, 3.05) is 0 Å². The predicted molar refractivity (Wildman–Crippen MR) is 109 cm³/mol. The standard InChI is InChI=1S/C24H17NO2/c26-25(27)21-16-14-18(15-17-21)22-12-7-13-23(22)24(19-8-3-1-4-9-19)20-10-5-2-6-11-20/h1-17H. The third kappa shape index (κ3) is 3.35. The first kappa shape index (κ1) is 16.7. The van der Waals surface area contributed by atoms with Gasteiger partial charge in [-0.25, -0.2) is 0 Å². The summed E-state index contributed by atoms with van der Waals surface area (Å²) in [4.78, 5) is 10.6. The second kappa shape index (κ2) is 7.26. The second-order valence-corrected chi connectivity index (χ2v) is 6.26. The summed E-state index contributed by atoms with van der Waals surface area (Å²) in [5.74, 6) is 0. The van der Waals surface area contributed by atoms with E-state index in [2.05, 4.69) is 36.4 Å². The predicted octanol–water partition coefficient (Wildman–Crippen LogP) is 6.05. The summed E-state index contributed by atoms with van der Waals surface area (Å²) in [5, 5.41) is 10.9. The Morgan fingerprint density at radius 2 is 1.30 bits per heavy atom. The summed E-state index contributed by atoms with van der Waals surface area (Å²) in [6.45, 7) is 0. The molecule has 27 heavy (non-hydrogen) atoms. The van der Waals surface area contributed by atoms with Crippen LogP contribution in [0, 0.1) is 10.1 Å². The van der Waals surface area contributed by atoms with Crippen LogP contribution in [0.5, 0.6) is 0 Å². The van der Waals surface area contributed by atoms with Gasteiger partial charge in [-0.3, -0.25) is 10.1 Å². The van der Waals surface area contributed by atoms with E-state index in [1.807, 2.05) is 54.6 Å². The molecule has 3 nitrogen and oxygen atoms in total. The lowest BCUT2D eigenvalue weighted by Crippen LogP contribution is -1.95. The van der Waals surface area contributed by atoms with Gasteiger partial charge in [0.15, 0.2) is 0 Å². The third-order valence-corrected chi connectivity index (χ3v) is 4.60. The molecule has 0 heterocycles. The van der Waals surface area contributed by atoms with Gasteiger partial charge < -0.3 is 0 Å². The molecule has 3 heteroatoms. The summed E-state index contributed by atoms with van der Waals surface area (Å²) in [7, 11) is 0. The lowest BCUT2D eigenvalue weighted by atomic mass is 9.88. The fourth-order valence-electron chi connectivity index (χ4n) is 3.34. The van der Waals surface area contributed by atoms with Crippen LogP contribution in [-0.4, -0.2) is 4.92 Å². The van der Waals surface area contributed by atoms with Gasteiger partial charge in [-0.05, 0) is 45.5 Å². The summed E-state index contributed by atoms with van der Waals surface area (Å²) in [5.41, 5.74) is 6.66. The maximum Gasteiger partial charge on any atom is 0.269 e. The minimum atomic E-state index is -0.374. The molecule has 0 saturated heterocycles. The van der Waals surface area contributed by atoms with Crippen LogP contribution in [-0.2, 0) is 0 Å². The molecule has 1 aliphatic carbocycles. The summed E-state index contributed by atoms with van der Waals surface area (Å²) >= 11 is 0. The molecule has 4 rings (SSSR count). The van der Waals surface area contributed by atoms with Crippen molar-refractivity contribution >= 4 is 16.8 Å². The number of nitro groups is 1. The molecule has 130 valence electrons. The first-order chi connectivity index (χ1) is 13.2. The number of allylic oxidation sites excluding steroid dienone is 5. The molecule has 0 aliphatic heterocycles. The summed E-state index contributed by atoms with van der Waals surface area (Å²) in [6.07, 6.45) is 6.19. The molecule has 0 aromatic heterocycles. The Morgan fingerprint density at radius 1 is 0.741 bits per heavy atom. The molecule has 1 aliphatic rings. The maximum atomic E-state index is 10.9. The van der Waals surface area contributed by atoms with Gasteiger partial charge in [0.2, 0.25) is 0 Å². The van der Waals surface area contributed by atoms with Crippen LogP contribution in [0.25, 0.3) is 11.1 Å². The van der Waals surface area contributed by atoms with E-state index in [1.54, 1.807) is 12.1 Å². The molecule has 3 aromatic carbocycles. The van der Waals surface area contributed by atoms with Crippen LogP contribution in [0.15, 0.2) is 109 Å². The number of benzene rings is 3. The molecule has 3 aromatic rings. The van der Waals surface area contributed by atoms with E-state index in [9.17, 15) is 10.1 Å². The average molecular weight is 351 g/mol. The van der Waals surface area contributed by atoms with Gasteiger partial charge in [0, 0.05) is 12.1 Å². The van der Waals surface area contributed by atoms with Crippen molar-refractivity contribution < 1.29 is 4.92 Å². The van der Waals surface area contributed by atoms with Crippen molar-refractivity contribution in [3.63, 3.8) is 0 Å². The Balaban J connectivity index is 1.87. The van der Waals surface area contributed by atoms with Gasteiger partial charge in [0.05, 0.1) is 4.92 Å². The van der Waals surface area contributed by atoms with Crippen LogP contribution < -0.4 is 0 Å². The van der Waals surface area contributed by atoms with Gasteiger partial charge >= 0.3 is 0 Å². The highest BCUT2D eigenvalue weighted by Gasteiger charge is 2.18. The number of non-ortho nitro benzene ring substituents is 1. The molecule has 0 amide bonds. The van der Waals surface area contributed by atoms with E-state index in [-0.39, 0.29) is 10.6 Å².